The Morgan fingerprint density at radius 3 is 2.44 bits per heavy atom. The number of nitro benzene ring substituents is 1. The van der Waals surface area contributed by atoms with Crippen LogP contribution in [0.5, 0.6) is 5.75 Å². The summed E-state index contributed by atoms with van der Waals surface area (Å²) in [6, 6.07) is 12.4. The van der Waals surface area contributed by atoms with Crippen LogP contribution in [0.3, 0.4) is 0 Å². The Labute approximate surface area is 186 Å². The van der Waals surface area contributed by atoms with E-state index in [-0.39, 0.29) is 43.0 Å². The van der Waals surface area contributed by atoms with Gasteiger partial charge in [0.05, 0.1) is 29.1 Å². The predicted molar refractivity (Wildman–Crippen MR) is 116 cm³/mol. The van der Waals surface area contributed by atoms with E-state index in [0.29, 0.717) is 0 Å². The highest BCUT2D eigenvalue weighted by Gasteiger charge is 2.30. The van der Waals surface area contributed by atoms with Gasteiger partial charge in [-0.2, -0.15) is 4.31 Å². The maximum atomic E-state index is 12.8. The first-order chi connectivity index (χ1) is 15.2. The molecule has 172 valence electrons. The maximum Gasteiger partial charge on any atom is 0.312 e. The second kappa shape index (κ2) is 10.1. The number of amides is 1. The second-order valence-corrected chi connectivity index (χ2v) is 9.24. The Morgan fingerprint density at radius 1 is 1.16 bits per heavy atom. The van der Waals surface area contributed by atoms with Gasteiger partial charge in [-0.1, -0.05) is 30.3 Å². The third-order valence-corrected chi connectivity index (χ3v) is 6.96. The monoisotopic (exact) mass is 463 g/mol. The Hall–Kier alpha value is -3.02. The lowest BCUT2D eigenvalue weighted by Crippen LogP contribution is -2.40. The van der Waals surface area contributed by atoms with Crippen molar-refractivity contribution in [3.05, 3.63) is 64.2 Å². The highest BCUT2D eigenvalue weighted by Crippen LogP contribution is 2.32. The molecule has 1 saturated heterocycles. The molecule has 2 aromatic carbocycles. The van der Waals surface area contributed by atoms with Crippen molar-refractivity contribution >= 4 is 21.6 Å². The maximum absolute atomic E-state index is 12.8. The Bertz CT molecular complexity index is 1070. The van der Waals surface area contributed by atoms with Crippen molar-refractivity contribution < 1.29 is 27.6 Å². The molecule has 1 aliphatic rings. The molecular weight excluding hydrogens is 438 g/mol. The number of nitro groups is 1. The molecule has 32 heavy (non-hydrogen) atoms. The van der Waals surface area contributed by atoms with Gasteiger partial charge in [0, 0.05) is 19.2 Å². The molecular formula is C21H25N3O7S. The third kappa shape index (κ3) is 5.42. The Kier molecular flexibility index (Phi) is 7.44. The van der Waals surface area contributed by atoms with Crippen molar-refractivity contribution in [2.75, 3.05) is 26.3 Å². The third-order valence-electron chi connectivity index (χ3n) is 5.07. The number of hydrogen-bond donors (Lipinski definition) is 1. The molecule has 1 fully saturated rings. The van der Waals surface area contributed by atoms with Gasteiger partial charge in [0.25, 0.3) is 5.91 Å². The van der Waals surface area contributed by atoms with Crippen molar-refractivity contribution in [1.82, 2.24) is 9.62 Å². The predicted octanol–water partition coefficient (Wildman–Crippen LogP) is 2.26. The summed E-state index contributed by atoms with van der Waals surface area (Å²) in [5, 5.41) is 14.4. The van der Waals surface area contributed by atoms with Crippen molar-refractivity contribution in [2.45, 2.75) is 30.9 Å². The summed E-state index contributed by atoms with van der Waals surface area (Å²) < 4.78 is 37.5. The van der Waals surface area contributed by atoms with E-state index in [1.807, 2.05) is 37.3 Å². The number of hydrogen-bond acceptors (Lipinski definition) is 7. The van der Waals surface area contributed by atoms with Crippen molar-refractivity contribution in [3.8, 4) is 5.75 Å². The van der Waals surface area contributed by atoms with E-state index in [1.165, 1.54) is 23.4 Å². The van der Waals surface area contributed by atoms with Crippen LogP contribution in [0.1, 0.15) is 25.5 Å². The van der Waals surface area contributed by atoms with Crippen LogP contribution in [0, 0.1) is 10.1 Å². The van der Waals surface area contributed by atoms with Gasteiger partial charge in [-0.15, -0.1) is 0 Å². The standard InChI is InChI=1S/C21H25N3O7S/c1-15(17-6-4-3-5-7-17)22-21(25)16(2)31-20-9-8-18(14-19(20)24(26)27)32(28,29)23-10-12-30-13-11-23/h3-9,14-16H,10-13H2,1-2H3,(H,22,25). The van der Waals surface area contributed by atoms with Crippen molar-refractivity contribution in [1.29, 1.82) is 0 Å². The Balaban J connectivity index is 1.76. The molecule has 2 unspecified atom stereocenters. The fourth-order valence-corrected chi connectivity index (χ4v) is 4.66. The molecule has 0 aromatic heterocycles. The quantitative estimate of drug-likeness (QED) is 0.470. The first-order valence-electron chi connectivity index (χ1n) is 10.1. The zero-order valence-corrected chi connectivity index (χ0v) is 18.6. The minimum absolute atomic E-state index is 0.172. The molecule has 3 rings (SSSR count). The van der Waals surface area contributed by atoms with E-state index in [4.69, 9.17) is 9.47 Å². The minimum atomic E-state index is -3.91. The first-order valence-corrected chi connectivity index (χ1v) is 11.5. The SMILES string of the molecule is CC(Oc1ccc(S(=O)(=O)N2CCOCC2)cc1[N+](=O)[O-])C(=O)NC(C)c1ccccc1. The van der Waals surface area contributed by atoms with Gasteiger partial charge in [-0.3, -0.25) is 14.9 Å². The average Bonchev–Trinajstić information content (AvgIpc) is 2.80. The number of rotatable bonds is 8. The molecule has 2 atom stereocenters. The van der Waals surface area contributed by atoms with E-state index in [0.717, 1.165) is 11.6 Å². The summed E-state index contributed by atoms with van der Waals surface area (Å²) in [7, 11) is -3.91. The zero-order chi connectivity index (χ0) is 23.3. The fraction of sp³-hybridized carbons (Fsp3) is 0.381. The van der Waals surface area contributed by atoms with Gasteiger partial charge in [-0.05, 0) is 31.5 Å². The van der Waals surface area contributed by atoms with Crippen molar-refractivity contribution in [2.24, 2.45) is 0 Å². The number of nitrogens with zero attached hydrogens (tertiary/aromatic N) is 2. The summed E-state index contributed by atoms with van der Waals surface area (Å²) in [4.78, 5) is 23.2. The van der Waals surface area contributed by atoms with E-state index < -0.39 is 32.6 Å². The fourth-order valence-electron chi connectivity index (χ4n) is 3.24. The van der Waals surface area contributed by atoms with Crippen LogP contribution in [0.15, 0.2) is 53.4 Å². The summed E-state index contributed by atoms with van der Waals surface area (Å²) in [6.07, 6.45) is -1.04. The summed E-state index contributed by atoms with van der Waals surface area (Å²) >= 11 is 0. The smallest absolute Gasteiger partial charge is 0.312 e. The van der Waals surface area contributed by atoms with Crippen LogP contribution in [-0.2, 0) is 19.6 Å². The molecule has 0 spiro atoms. The number of carbonyl (C=O) groups excluding carboxylic acids is 1. The molecule has 0 aliphatic carbocycles. The highest BCUT2D eigenvalue weighted by atomic mass is 32.2. The van der Waals surface area contributed by atoms with E-state index in [1.54, 1.807) is 0 Å². The number of ether oxygens (including phenoxy) is 2. The van der Waals surface area contributed by atoms with Gasteiger partial charge in [0.1, 0.15) is 0 Å². The number of benzene rings is 2. The van der Waals surface area contributed by atoms with Crippen LogP contribution in [0.4, 0.5) is 5.69 Å². The van der Waals surface area contributed by atoms with Crippen LogP contribution in [0.25, 0.3) is 0 Å². The second-order valence-electron chi connectivity index (χ2n) is 7.30. The molecule has 1 amide bonds. The summed E-state index contributed by atoms with van der Waals surface area (Å²) in [6.45, 7) is 4.15. The summed E-state index contributed by atoms with van der Waals surface area (Å²) in [5.74, 6) is -0.647. The van der Waals surface area contributed by atoms with Gasteiger partial charge in [-0.25, -0.2) is 8.42 Å². The molecule has 11 heteroatoms. The molecule has 2 aromatic rings. The van der Waals surface area contributed by atoms with Crippen LogP contribution in [-0.4, -0.2) is 56.0 Å². The van der Waals surface area contributed by atoms with Crippen LogP contribution in [0.2, 0.25) is 0 Å². The number of carbonyl (C=O) groups is 1. The molecule has 0 saturated carbocycles. The lowest BCUT2D eigenvalue weighted by molar-refractivity contribution is -0.386. The van der Waals surface area contributed by atoms with Gasteiger partial charge in [0.15, 0.2) is 11.9 Å². The molecule has 1 N–H and O–H groups in total. The van der Waals surface area contributed by atoms with Crippen molar-refractivity contribution in [3.63, 3.8) is 0 Å². The lowest BCUT2D eigenvalue weighted by atomic mass is 10.1. The number of nitrogens with one attached hydrogen (secondary N) is 1. The number of morpholine rings is 1. The topological polar surface area (TPSA) is 128 Å². The molecule has 10 nitrogen and oxygen atoms in total. The van der Waals surface area contributed by atoms with Crippen LogP contribution < -0.4 is 10.1 Å². The lowest BCUT2D eigenvalue weighted by Gasteiger charge is -2.26. The average molecular weight is 464 g/mol. The van der Waals surface area contributed by atoms with Gasteiger partial charge >= 0.3 is 5.69 Å². The number of sulfonamides is 1. The molecule has 1 aliphatic heterocycles. The molecule has 0 bridgehead atoms. The molecule has 0 radical (unpaired) electrons. The largest absolute Gasteiger partial charge is 0.474 e. The van der Waals surface area contributed by atoms with E-state index in [2.05, 4.69) is 5.32 Å². The highest BCUT2D eigenvalue weighted by molar-refractivity contribution is 7.89. The first kappa shape index (κ1) is 23.6. The Morgan fingerprint density at radius 2 is 1.81 bits per heavy atom. The zero-order valence-electron chi connectivity index (χ0n) is 17.8. The van der Waals surface area contributed by atoms with E-state index in [9.17, 15) is 23.3 Å². The minimum Gasteiger partial charge on any atom is -0.474 e. The summed E-state index contributed by atoms with van der Waals surface area (Å²) in [5.41, 5.74) is 0.367. The van der Waals surface area contributed by atoms with Crippen LogP contribution >= 0.6 is 0 Å². The van der Waals surface area contributed by atoms with E-state index >= 15 is 0 Å². The van der Waals surface area contributed by atoms with Gasteiger partial charge < -0.3 is 14.8 Å². The van der Waals surface area contributed by atoms with Gasteiger partial charge in [0.2, 0.25) is 10.0 Å². The molecule has 1 heterocycles. The normalized spacial score (nSPS) is 16.7.